The molecule has 7 heteroatoms. The lowest BCUT2D eigenvalue weighted by molar-refractivity contribution is -0.249. The molecule has 7 nitrogen and oxygen atoms in total. The minimum absolute atomic E-state index is 0.0211. The lowest BCUT2D eigenvalue weighted by Crippen LogP contribution is -2.62. The van der Waals surface area contributed by atoms with Crippen LogP contribution in [0.5, 0.6) is 11.5 Å². The highest BCUT2D eigenvalue weighted by molar-refractivity contribution is 5.89. The highest BCUT2D eigenvalue weighted by Crippen LogP contribution is 2.61. The summed E-state index contributed by atoms with van der Waals surface area (Å²) in [6.45, 7) is 2.42. The van der Waals surface area contributed by atoms with Gasteiger partial charge in [-0.05, 0) is 42.7 Å². The van der Waals surface area contributed by atoms with Crippen LogP contribution < -0.4 is 9.64 Å². The predicted octanol–water partition coefficient (Wildman–Crippen LogP) is 4.63. The molecule has 3 aliphatic rings. The van der Waals surface area contributed by atoms with E-state index in [0.29, 0.717) is 29.0 Å². The number of fused-ring (bicyclic) bond motifs is 4. The number of carbonyl (C=O) groups is 1. The number of nitrogens with zero attached hydrogens (tertiary/aromatic N) is 1. The first-order valence-electron chi connectivity index (χ1n) is 12.5. The average molecular weight is 488 g/mol. The molecule has 3 heterocycles. The zero-order valence-corrected chi connectivity index (χ0v) is 20.1. The zero-order chi connectivity index (χ0) is 24.9. The fourth-order valence-corrected chi connectivity index (χ4v) is 5.69. The van der Waals surface area contributed by atoms with Crippen molar-refractivity contribution in [3.63, 3.8) is 0 Å². The van der Waals surface area contributed by atoms with Crippen LogP contribution in [0.3, 0.4) is 0 Å². The van der Waals surface area contributed by atoms with E-state index >= 15 is 0 Å². The van der Waals surface area contributed by atoms with Crippen molar-refractivity contribution in [1.82, 2.24) is 0 Å². The lowest BCUT2D eigenvalue weighted by Gasteiger charge is -2.46. The summed E-state index contributed by atoms with van der Waals surface area (Å²) in [5, 5.41) is 22.9. The van der Waals surface area contributed by atoms with Gasteiger partial charge in [-0.2, -0.15) is 0 Å². The van der Waals surface area contributed by atoms with Gasteiger partial charge in [0, 0.05) is 17.7 Å². The molecule has 1 spiro atoms. The topological polar surface area (TPSA) is 88.5 Å². The molecule has 2 N–H and O–H groups in total. The molecule has 0 radical (unpaired) electrons. The Morgan fingerprint density at radius 3 is 2.69 bits per heavy atom. The number of aliphatic hydroxyl groups is 1. The molecule has 1 saturated heterocycles. The molecular formula is C29H29NO6. The minimum atomic E-state index is -1.53. The first-order chi connectivity index (χ1) is 17.5. The van der Waals surface area contributed by atoms with E-state index in [9.17, 15) is 15.0 Å². The van der Waals surface area contributed by atoms with Gasteiger partial charge in [0.05, 0.1) is 17.7 Å². The largest absolute Gasteiger partial charge is 0.507 e. The van der Waals surface area contributed by atoms with Crippen molar-refractivity contribution in [2.24, 2.45) is 0 Å². The highest BCUT2D eigenvalue weighted by atomic mass is 16.8. The van der Waals surface area contributed by atoms with Gasteiger partial charge in [0.15, 0.2) is 5.60 Å². The number of phenolic OH excluding ortho intramolecular Hbond substituents is 1. The summed E-state index contributed by atoms with van der Waals surface area (Å²) >= 11 is 0. The monoisotopic (exact) mass is 487 g/mol. The molecule has 0 saturated carbocycles. The van der Waals surface area contributed by atoms with E-state index in [0.717, 1.165) is 30.5 Å². The third-order valence-electron chi connectivity index (χ3n) is 7.45. The number of para-hydroxylation sites is 1. The van der Waals surface area contributed by atoms with Gasteiger partial charge >= 0.3 is 11.9 Å². The maximum absolute atomic E-state index is 12.5. The molecule has 6 rings (SSSR count). The normalized spacial score (nSPS) is 25.4. The average Bonchev–Trinajstić information content (AvgIpc) is 3.29. The molecule has 0 aliphatic carbocycles. The Balaban J connectivity index is 1.36. The van der Waals surface area contributed by atoms with E-state index in [1.165, 1.54) is 0 Å². The molecule has 3 atom stereocenters. The van der Waals surface area contributed by atoms with Crippen LogP contribution in [0, 0.1) is 0 Å². The molecule has 36 heavy (non-hydrogen) atoms. The summed E-state index contributed by atoms with van der Waals surface area (Å²) in [5.74, 6) is -1.26. The quantitative estimate of drug-likeness (QED) is 0.490. The SMILES string of the molecule is CCCCc1ccc(O)c2c1O[C@]13O[C@H](COC(=O)c4ccccc4)C[C@@]1(O)c1ccccc1N3C2. The number of phenols is 1. The molecule has 0 bridgehead atoms. The third kappa shape index (κ3) is 3.30. The summed E-state index contributed by atoms with van der Waals surface area (Å²) in [4.78, 5) is 14.4. The van der Waals surface area contributed by atoms with Crippen LogP contribution in [0.2, 0.25) is 0 Å². The second kappa shape index (κ2) is 8.54. The second-order valence-corrected chi connectivity index (χ2v) is 9.71. The van der Waals surface area contributed by atoms with Gasteiger partial charge in [0.2, 0.25) is 0 Å². The number of carbonyl (C=O) groups excluding carboxylic acids is 1. The Hall–Kier alpha value is -3.55. The van der Waals surface area contributed by atoms with Crippen LogP contribution in [-0.4, -0.2) is 34.8 Å². The Labute approximate surface area is 209 Å². The zero-order valence-electron chi connectivity index (χ0n) is 20.1. The van der Waals surface area contributed by atoms with Crippen molar-refractivity contribution in [1.29, 1.82) is 0 Å². The van der Waals surface area contributed by atoms with E-state index in [4.69, 9.17) is 14.2 Å². The first-order valence-corrected chi connectivity index (χ1v) is 12.5. The van der Waals surface area contributed by atoms with Crippen molar-refractivity contribution in [2.75, 3.05) is 11.5 Å². The van der Waals surface area contributed by atoms with Gasteiger partial charge in [-0.3, -0.25) is 0 Å². The summed E-state index contributed by atoms with van der Waals surface area (Å²) in [6, 6.07) is 20.0. The Morgan fingerprint density at radius 1 is 1.11 bits per heavy atom. The number of aryl methyl sites for hydroxylation is 1. The molecule has 3 aliphatic heterocycles. The van der Waals surface area contributed by atoms with Crippen LogP contribution in [0.4, 0.5) is 5.69 Å². The maximum atomic E-state index is 12.5. The summed E-state index contributed by atoms with van der Waals surface area (Å²) in [6.07, 6.45) is 2.39. The number of hydrogen-bond donors (Lipinski definition) is 2. The molecule has 0 aromatic heterocycles. The fraction of sp³-hybridized carbons (Fsp3) is 0.345. The van der Waals surface area contributed by atoms with Crippen molar-refractivity contribution >= 4 is 11.7 Å². The second-order valence-electron chi connectivity index (χ2n) is 9.71. The number of rotatable bonds is 6. The molecule has 0 unspecified atom stereocenters. The fourth-order valence-electron chi connectivity index (χ4n) is 5.69. The van der Waals surface area contributed by atoms with Crippen LogP contribution in [0.15, 0.2) is 66.7 Å². The van der Waals surface area contributed by atoms with Crippen molar-refractivity contribution in [3.8, 4) is 11.5 Å². The molecule has 3 aromatic rings. The smallest absolute Gasteiger partial charge is 0.338 e. The van der Waals surface area contributed by atoms with Gasteiger partial charge in [0.25, 0.3) is 0 Å². The van der Waals surface area contributed by atoms with Crippen molar-refractivity contribution in [3.05, 3.63) is 89.0 Å². The standard InChI is InChI=1S/C29H29NO6/c1-2-3-9-19-14-15-25(31)22-17-30-24-13-8-7-12-23(24)28(33)16-21(35-29(28,30)36-26(19)22)18-34-27(32)20-10-5-4-6-11-20/h4-8,10-15,21,31,33H,2-3,9,16-18H2,1H3/t21-,28+,29+/m0/s1. The van der Waals surface area contributed by atoms with E-state index in [1.54, 1.807) is 30.3 Å². The molecule has 0 amide bonds. The number of anilines is 1. The number of esters is 1. The molecule has 186 valence electrons. The van der Waals surface area contributed by atoms with Gasteiger partial charge < -0.3 is 29.3 Å². The summed E-state index contributed by atoms with van der Waals surface area (Å²) in [5.41, 5.74) is 2.11. The highest BCUT2D eigenvalue weighted by Gasteiger charge is 2.72. The van der Waals surface area contributed by atoms with Crippen molar-refractivity contribution < 1.29 is 29.2 Å². The maximum Gasteiger partial charge on any atom is 0.338 e. The van der Waals surface area contributed by atoms with Crippen LogP contribution in [0.1, 0.15) is 53.2 Å². The number of benzene rings is 3. The van der Waals surface area contributed by atoms with Gasteiger partial charge in [0.1, 0.15) is 24.2 Å². The van der Waals surface area contributed by atoms with Crippen molar-refractivity contribution in [2.45, 2.75) is 56.8 Å². The van der Waals surface area contributed by atoms with Gasteiger partial charge in [-0.1, -0.05) is 55.8 Å². The van der Waals surface area contributed by atoms with E-state index in [1.807, 2.05) is 41.3 Å². The number of aromatic hydroxyl groups is 1. The predicted molar refractivity (Wildman–Crippen MR) is 133 cm³/mol. The minimum Gasteiger partial charge on any atom is -0.507 e. The molecule has 1 fully saturated rings. The van der Waals surface area contributed by atoms with Crippen LogP contribution in [0.25, 0.3) is 0 Å². The van der Waals surface area contributed by atoms with Crippen LogP contribution >= 0.6 is 0 Å². The number of ether oxygens (including phenoxy) is 3. The van der Waals surface area contributed by atoms with Gasteiger partial charge in [-0.15, -0.1) is 0 Å². The molecule has 3 aromatic carbocycles. The van der Waals surface area contributed by atoms with Crippen LogP contribution in [-0.2, 0) is 28.0 Å². The number of hydrogen-bond acceptors (Lipinski definition) is 7. The Bertz CT molecular complexity index is 1310. The van der Waals surface area contributed by atoms with E-state index < -0.39 is 23.6 Å². The molecular weight excluding hydrogens is 458 g/mol. The number of unbranched alkanes of at least 4 members (excludes halogenated alkanes) is 1. The van der Waals surface area contributed by atoms with E-state index in [-0.39, 0.29) is 18.8 Å². The Kier molecular flexibility index (Phi) is 5.43. The Morgan fingerprint density at radius 2 is 1.89 bits per heavy atom. The third-order valence-corrected chi connectivity index (χ3v) is 7.45. The van der Waals surface area contributed by atoms with E-state index in [2.05, 4.69) is 6.92 Å². The van der Waals surface area contributed by atoms with Gasteiger partial charge in [-0.25, -0.2) is 4.79 Å². The first kappa shape index (κ1) is 22.9. The summed E-state index contributed by atoms with van der Waals surface area (Å²) < 4.78 is 18.7. The summed E-state index contributed by atoms with van der Waals surface area (Å²) in [7, 11) is 0. The lowest BCUT2D eigenvalue weighted by atomic mass is 9.89.